The fourth-order valence-electron chi connectivity index (χ4n) is 1.75. The minimum absolute atomic E-state index is 0.356. The summed E-state index contributed by atoms with van der Waals surface area (Å²) in [5, 5.41) is 0.890. The number of nitrogens with zero attached hydrogens (tertiary/aromatic N) is 2. The van der Waals surface area contributed by atoms with Crippen molar-refractivity contribution < 1.29 is 9.47 Å². The van der Waals surface area contributed by atoms with E-state index in [1.165, 1.54) is 0 Å². The molecule has 88 valence electrons. The van der Waals surface area contributed by atoms with Gasteiger partial charge in [-0.15, -0.1) is 0 Å². The van der Waals surface area contributed by atoms with Crippen LogP contribution in [0.25, 0.3) is 0 Å². The number of morpholine rings is 1. The van der Waals surface area contributed by atoms with E-state index in [-0.39, 0.29) is 0 Å². The second kappa shape index (κ2) is 5.50. The fraction of sp³-hybridized carbons (Fsp3) is 0.545. The molecule has 1 atom stereocenters. The van der Waals surface area contributed by atoms with Crippen molar-refractivity contribution in [1.29, 1.82) is 0 Å². The van der Waals surface area contributed by atoms with Gasteiger partial charge in [0.25, 0.3) is 0 Å². The van der Waals surface area contributed by atoms with E-state index in [1.54, 1.807) is 13.3 Å². The van der Waals surface area contributed by atoms with Crippen LogP contribution in [0.1, 0.15) is 0 Å². The first-order valence-electron chi connectivity index (χ1n) is 5.25. The maximum absolute atomic E-state index is 5.45. The van der Waals surface area contributed by atoms with Gasteiger partial charge in [0.05, 0.1) is 32.6 Å². The molecule has 1 aromatic heterocycles. The molecule has 1 aliphatic rings. The number of aromatic nitrogens is 1. The number of rotatable bonds is 3. The molecule has 0 spiro atoms. The number of ether oxygens (including phenoxy) is 2. The van der Waals surface area contributed by atoms with Gasteiger partial charge in [0, 0.05) is 11.9 Å². The monoisotopic (exact) mass is 286 g/mol. The lowest BCUT2D eigenvalue weighted by atomic mass is 10.2. The number of hydrogen-bond acceptors (Lipinski definition) is 4. The summed E-state index contributed by atoms with van der Waals surface area (Å²) < 4.78 is 10.5. The molecule has 1 unspecified atom stereocenters. The topological polar surface area (TPSA) is 34.6 Å². The number of halogens is 1. The highest BCUT2D eigenvalue weighted by Gasteiger charge is 2.22. The van der Waals surface area contributed by atoms with Gasteiger partial charge in [-0.3, -0.25) is 0 Å². The summed E-state index contributed by atoms with van der Waals surface area (Å²) in [5.41, 5.74) is 0. The van der Waals surface area contributed by atoms with Gasteiger partial charge >= 0.3 is 0 Å². The summed E-state index contributed by atoms with van der Waals surface area (Å²) in [5.74, 6) is 1.76. The van der Waals surface area contributed by atoms with Crippen LogP contribution < -0.4 is 9.64 Å². The van der Waals surface area contributed by atoms with Crippen LogP contribution in [0.5, 0.6) is 5.75 Å². The molecule has 5 heteroatoms. The molecule has 0 amide bonds. The fourth-order valence-corrected chi connectivity index (χ4v) is 2.28. The van der Waals surface area contributed by atoms with Crippen molar-refractivity contribution >= 4 is 21.7 Å². The summed E-state index contributed by atoms with van der Waals surface area (Å²) in [4.78, 5) is 6.66. The maximum atomic E-state index is 5.45. The van der Waals surface area contributed by atoms with Crippen LogP contribution in [0.4, 0.5) is 5.82 Å². The first-order valence-corrected chi connectivity index (χ1v) is 6.37. The third kappa shape index (κ3) is 2.47. The molecule has 2 heterocycles. The first-order chi connectivity index (χ1) is 7.85. The Hall–Kier alpha value is -0.810. The molecule has 0 aliphatic carbocycles. The minimum Gasteiger partial charge on any atom is -0.495 e. The highest BCUT2D eigenvalue weighted by Crippen LogP contribution is 2.20. The summed E-state index contributed by atoms with van der Waals surface area (Å²) in [6, 6.07) is 4.28. The average Bonchev–Trinajstić information content (AvgIpc) is 2.39. The van der Waals surface area contributed by atoms with E-state index < -0.39 is 0 Å². The Kier molecular flexibility index (Phi) is 4.01. The van der Waals surface area contributed by atoms with Crippen LogP contribution in [-0.2, 0) is 4.74 Å². The average molecular weight is 287 g/mol. The van der Waals surface area contributed by atoms with Crippen LogP contribution in [0, 0.1) is 0 Å². The number of alkyl halides is 1. The van der Waals surface area contributed by atoms with E-state index in [0.29, 0.717) is 6.04 Å². The van der Waals surface area contributed by atoms with Crippen LogP contribution in [0.2, 0.25) is 0 Å². The molecule has 0 N–H and O–H groups in total. The largest absolute Gasteiger partial charge is 0.495 e. The van der Waals surface area contributed by atoms with Crippen LogP contribution in [0.15, 0.2) is 18.3 Å². The van der Waals surface area contributed by atoms with Crippen molar-refractivity contribution in [2.24, 2.45) is 0 Å². The molecule has 2 rings (SSSR count). The Labute approximate surface area is 104 Å². The van der Waals surface area contributed by atoms with E-state index in [1.807, 2.05) is 12.1 Å². The lowest BCUT2D eigenvalue weighted by Crippen LogP contribution is -2.47. The van der Waals surface area contributed by atoms with Crippen molar-refractivity contribution in [3.05, 3.63) is 18.3 Å². The molecule has 0 radical (unpaired) electrons. The predicted octanol–water partition coefficient (Wildman–Crippen LogP) is 1.69. The van der Waals surface area contributed by atoms with E-state index in [4.69, 9.17) is 9.47 Å². The zero-order valence-electron chi connectivity index (χ0n) is 9.23. The smallest absolute Gasteiger partial charge is 0.137 e. The van der Waals surface area contributed by atoms with E-state index in [2.05, 4.69) is 25.8 Å². The first kappa shape index (κ1) is 11.7. The van der Waals surface area contributed by atoms with Crippen LogP contribution in [-0.4, -0.2) is 43.2 Å². The SMILES string of the molecule is COc1ccc(N2CCOCC2CBr)nc1. The molecule has 1 fully saturated rings. The van der Waals surface area contributed by atoms with Gasteiger partial charge in [-0.05, 0) is 12.1 Å². The van der Waals surface area contributed by atoms with Crippen LogP contribution >= 0.6 is 15.9 Å². The van der Waals surface area contributed by atoms with E-state index in [0.717, 1.165) is 36.7 Å². The lowest BCUT2D eigenvalue weighted by molar-refractivity contribution is 0.1000. The zero-order chi connectivity index (χ0) is 11.4. The quantitative estimate of drug-likeness (QED) is 0.792. The zero-order valence-corrected chi connectivity index (χ0v) is 10.8. The molecule has 1 aliphatic heterocycles. The molecule has 1 saturated heterocycles. The highest BCUT2D eigenvalue weighted by molar-refractivity contribution is 9.09. The molecule has 16 heavy (non-hydrogen) atoms. The summed E-state index contributed by atoms with van der Waals surface area (Å²) in [7, 11) is 1.65. The third-order valence-corrected chi connectivity index (χ3v) is 3.40. The number of pyridine rings is 1. The Morgan fingerprint density at radius 3 is 3.12 bits per heavy atom. The molecular formula is C11H15BrN2O2. The Balaban J connectivity index is 2.14. The second-order valence-corrected chi connectivity index (χ2v) is 4.28. The highest BCUT2D eigenvalue weighted by atomic mass is 79.9. The second-order valence-electron chi connectivity index (χ2n) is 3.63. The Morgan fingerprint density at radius 2 is 2.50 bits per heavy atom. The van der Waals surface area contributed by atoms with Crippen molar-refractivity contribution in [1.82, 2.24) is 4.98 Å². The van der Waals surface area contributed by atoms with Gasteiger partial charge < -0.3 is 14.4 Å². The van der Waals surface area contributed by atoms with Gasteiger partial charge in [0.2, 0.25) is 0 Å². The number of methoxy groups -OCH3 is 1. The van der Waals surface area contributed by atoms with Crippen LogP contribution in [0.3, 0.4) is 0 Å². The standard InChI is InChI=1S/C11H15BrN2O2/c1-15-10-2-3-11(13-7-10)14-4-5-16-8-9(14)6-12/h2-3,7,9H,4-6,8H2,1H3. The van der Waals surface area contributed by atoms with E-state index >= 15 is 0 Å². The van der Waals surface area contributed by atoms with Crippen molar-refractivity contribution in [2.75, 3.05) is 37.1 Å². The summed E-state index contributed by atoms with van der Waals surface area (Å²) in [6.07, 6.45) is 1.75. The van der Waals surface area contributed by atoms with Gasteiger partial charge in [0.15, 0.2) is 0 Å². The van der Waals surface area contributed by atoms with Gasteiger partial charge in [0.1, 0.15) is 11.6 Å². The molecular weight excluding hydrogens is 272 g/mol. The molecule has 0 saturated carbocycles. The number of anilines is 1. The van der Waals surface area contributed by atoms with E-state index in [9.17, 15) is 0 Å². The van der Waals surface area contributed by atoms with Gasteiger partial charge in [-0.25, -0.2) is 4.98 Å². The Bertz CT molecular complexity index is 331. The summed E-state index contributed by atoms with van der Waals surface area (Å²) in [6.45, 7) is 2.39. The molecule has 1 aromatic rings. The molecule has 4 nitrogen and oxygen atoms in total. The molecule has 0 aromatic carbocycles. The number of hydrogen-bond donors (Lipinski definition) is 0. The van der Waals surface area contributed by atoms with Crippen molar-refractivity contribution in [2.45, 2.75) is 6.04 Å². The molecule has 0 bridgehead atoms. The Morgan fingerprint density at radius 1 is 1.62 bits per heavy atom. The third-order valence-electron chi connectivity index (χ3n) is 2.66. The van der Waals surface area contributed by atoms with Gasteiger partial charge in [-0.2, -0.15) is 0 Å². The van der Waals surface area contributed by atoms with Crippen molar-refractivity contribution in [3.63, 3.8) is 0 Å². The normalized spacial score (nSPS) is 20.9. The summed E-state index contributed by atoms with van der Waals surface area (Å²) >= 11 is 3.50. The lowest BCUT2D eigenvalue weighted by Gasteiger charge is -2.35. The predicted molar refractivity (Wildman–Crippen MR) is 66.5 cm³/mol. The van der Waals surface area contributed by atoms with Gasteiger partial charge in [-0.1, -0.05) is 15.9 Å². The minimum atomic E-state index is 0.356. The van der Waals surface area contributed by atoms with Crippen molar-refractivity contribution in [3.8, 4) is 5.75 Å². The maximum Gasteiger partial charge on any atom is 0.137 e.